The van der Waals surface area contributed by atoms with E-state index < -0.39 is 0 Å². The van der Waals surface area contributed by atoms with Crippen molar-refractivity contribution < 1.29 is 4.39 Å². The molecule has 0 spiro atoms. The molecule has 3 rings (SSSR count). The molecule has 0 radical (unpaired) electrons. The average molecular weight is 371 g/mol. The first-order chi connectivity index (χ1) is 12.6. The number of aromatic nitrogens is 2. The van der Waals surface area contributed by atoms with Crippen LogP contribution in [0.1, 0.15) is 16.8 Å². The average Bonchev–Trinajstić information content (AvgIpc) is 2.62. The summed E-state index contributed by atoms with van der Waals surface area (Å²) in [7, 11) is 0. The third kappa shape index (κ3) is 5.17. The maximum Gasteiger partial charge on any atom is 0.225 e. The molecule has 0 amide bonds. The molecule has 2 aromatic carbocycles. The van der Waals surface area contributed by atoms with Crippen LogP contribution in [0.15, 0.2) is 54.6 Å². The Hall–Kier alpha value is -2.66. The molecule has 1 aromatic heterocycles. The van der Waals surface area contributed by atoms with Crippen LogP contribution in [-0.2, 0) is 13.0 Å². The zero-order valence-corrected chi connectivity index (χ0v) is 15.2. The normalized spacial score (nSPS) is 10.6. The van der Waals surface area contributed by atoms with Crippen molar-refractivity contribution in [3.8, 4) is 0 Å². The second-order valence-electron chi connectivity index (χ2n) is 5.97. The minimum Gasteiger partial charge on any atom is -0.370 e. The molecule has 0 unspecified atom stereocenters. The quantitative estimate of drug-likeness (QED) is 0.624. The summed E-state index contributed by atoms with van der Waals surface area (Å²) in [5.74, 6) is 0.971. The van der Waals surface area contributed by atoms with Crippen LogP contribution in [0.5, 0.6) is 0 Å². The SMILES string of the molecule is Cc1cc(NCCc2ccc(Cl)cc2)nc(NCc2ccccc2F)n1. The fourth-order valence-electron chi connectivity index (χ4n) is 2.54. The number of nitrogens with zero attached hydrogens (tertiary/aromatic N) is 2. The Morgan fingerprint density at radius 3 is 2.54 bits per heavy atom. The number of anilines is 2. The van der Waals surface area contributed by atoms with E-state index in [1.165, 1.54) is 11.6 Å². The van der Waals surface area contributed by atoms with Crippen molar-refractivity contribution in [2.75, 3.05) is 17.2 Å². The Balaban J connectivity index is 1.58. The summed E-state index contributed by atoms with van der Waals surface area (Å²) < 4.78 is 13.7. The largest absolute Gasteiger partial charge is 0.370 e. The van der Waals surface area contributed by atoms with E-state index in [2.05, 4.69) is 20.6 Å². The molecule has 2 N–H and O–H groups in total. The Morgan fingerprint density at radius 2 is 1.77 bits per heavy atom. The molecule has 0 atom stereocenters. The molecule has 0 saturated carbocycles. The monoisotopic (exact) mass is 370 g/mol. The summed E-state index contributed by atoms with van der Waals surface area (Å²) in [6.07, 6.45) is 0.859. The smallest absolute Gasteiger partial charge is 0.225 e. The van der Waals surface area contributed by atoms with E-state index in [0.717, 1.165) is 29.5 Å². The van der Waals surface area contributed by atoms with Gasteiger partial charge in [0.15, 0.2) is 0 Å². The van der Waals surface area contributed by atoms with Crippen LogP contribution in [0.2, 0.25) is 5.02 Å². The second-order valence-corrected chi connectivity index (χ2v) is 6.40. The zero-order chi connectivity index (χ0) is 18.4. The van der Waals surface area contributed by atoms with Gasteiger partial charge in [-0.05, 0) is 37.1 Å². The number of halogens is 2. The van der Waals surface area contributed by atoms with Gasteiger partial charge in [0.05, 0.1) is 0 Å². The zero-order valence-electron chi connectivity index (χ0n) is 14.5. The molecule has 0 aliphatic rings. The number of hydrogen-bond acceptors (Lipinski definition) is 4. The fourth-order valence-corrected chi connectivity index (χ4v) is 2.67. The van der Waals surface area contributed by atoms with Gasteiger partial charge in [-0.3, -0.25) is 0 Å². The van der Waals surface area contributed by atoms with Crippen molar-refractivity contribution in [2.24, 2.45) is 0 Å². The van der Waals surface area contributed by atoms with Crippen LogP contribution in [0.25, 0.3) is 0 Å². The van der Waals surface area contributed by atoms with E-state index in [0.29, 0.717) is 18.1 Å². The molecule has 0 aliphatic carbocycles. The number of nitrogens with one attached hydrogen (secondary N) is 2. The van der Waals surface area contributed by atoms with Crippen LogP contribution < -0.4 is 10.6 Å². The molecule has 1 heterocycles. The standard InChI is InChI=1S/C20H20ClFN4/c1-14-12-19(23-11-10-15-6-8-17(21)9-7-15)26-20(25-14)24-13-16-4-2-3-5-18(16)22/h2-9,12H,10-11,13H2,1H3,(H2,23,24,25,26). The second kappa shape index (κ2) is 8.63. The Bertz CT molecular complexity index is 868. The summed E-state index contributed by atoms with van der Waals surface area (Å²) in [5, 5.41) is 7.12. The summed E-state index contributed by atoms with van der Waals surface area (Å²) >= 11 is 5.90. The van der Waals surface area contributed by atoms with Crippen LogP contribution in [-0.4, -0.2) is 16.5 Å². The first-order valence-corrected chi connectivity index (χ1v) is 8.79. The predicted molar refractivity (Wildman–Crippen MR) is 104 cm³/mol. The summed E-state index contributed by atoms with van der Waals surface area (Å²) in [6.45, 7) is 2.98. The lowest BCUT2D eigenvalue weighted by molar-refractivity contribution is 0.612. The summed E-state index contributed by atoms with van der Waals surface area (Å²) in [5.41, 5.74) is 2.62. The van der Waals surface area contributed by atoms with Gasteiger partial charge in [-0.15, -0.1) is 0 Å². The summed E-state index contributed by atoms with van der Waals surface area (Å²) in [4.78, 5) is 8.80. The Kier molecular flexibility index (Phi) is 6.02. The number of rotatable bonds is 7. The molecule has 0 saturated heterocycles. The highest BCUT2D eigenvalue weighted by molar-refractivity contribution is 6.30. The van der Waals surface area contributed by atoms with Crippen molar-refractivity contribution in [3.63, 3.8) is 0 Å². The first-order valence-electron chi connectivity index (χ1n) is 8.41. The Morgan fingerprint density at radius 1 is 1.00 bits per heavy atom. The highest BCUT2D eigenvalue weighted by atomic mass is 35.5. The highest BCUT2D eigenvalue weighted by Crippen LogP contribution is 2.13. The van der Waals surface area contributed by atoms with Gasteiger partial charge < -0.3 is 10.6 Å². The molecule has 0 aliphatic heterocycles. The third-order valence-electron chi connectivity index (χ3n) is 3.88. The van der Waals surface area contributed by atoms with E-state index in [-0.39, 0.29) is 5.82 Å². The molecule has 26 heavy (non-hydrogen) atoms. The van der Waals surface area contributed by atoms with E-state index >= 15 is 0 Å². The maximum atomic E-state index is 13.7. The Labute approximate surface area is 157 Å². The molecule has 6 heteroatoms. The summed E-state index contributed by atoms with van der Waals surface area (Å²) in [6, 6.07) is 16.3. The van der Waals surface area contributed by atoms with Crippen LogP contribution in [0.3, 0.4) is 0 Å². The number of aryl methyl sites for hydroxylation is 1. The highest BCUT2D eigenvalue weighted by Gasteiger charge is 2.05. The van der Waals surface area contributed by atoms with E-state index in [4.69, 9.17) is 11.6 Å². The van der Waals surface area contributed by atoms with Crippen molar-refractivity contribution >= 4 is 23.4 Å². The van der Waals surface area contributed by atoms with Gasteiger partial charge >= 0.3 is 0 Å². The van der Waals surface area contributed by atoms with Gasteiger partial charge in [0.1, 0.15) is 11.6 Å². The van der Waals surface area contributed by atoms with Crippen LogP contribution in [0.4, 0.5) is 16.2 Å². The molecule has 134 valence electrons. The fraction of sp³-hybridized carbons (Fsp3) is 0.200. The lowest BCUT2D eigenvalue weighted by Crippen LogP contribution is -2.10. The molecule has 4 nitrogen and oxygen atoms in total. The minimum absolute atomic E-state index is 0.242. The van der Waals surface area contributed by atoms with Crippen LogP contribution >= 0.6 is 11.6 Å². The van der Waals surface area contributed by atoms with Gasteiger partial charge in [-0.25, -0.2) is 9.37 Å². The van der Waals surface area contributed by atoms with E-state index in [9.17, 15) is 4.39 Å². The van der Waals surface area contributed by atoms with Gasteiger partial charge in [-0.2, -0.15) is 4.98 Å². The van der Waals surface area contributed by atoms with Crippen molar-refractivity contribution in [1.29, 1.82) is 0 Å². The van der Waals surface area contributed by atoms with Crippen molar-refractivity contribution in [1.82, 2.24) is 9.97 Å². The van der Waals surface area contributed by atoms with E-state index in [1.807, 2.05) is 37.3 Å². The van der Waals surface area contributed by atoms with Gasteiger partial charge in [0.2, 0.25) is 5.95 Å². The van der Waals surface area contributed by atoms with E-state index in [1.54, 1.807) is 18.2 Å². The van der Waals surface area contributed by atoms with Gasteiger partial charge in [0, 0.05) is 35.4 Å². The molecule has 3 aromatic rings. The predicted octanol–water partition coefficient (Wildman–Crippen LogP) is 4.84. The third-order valence-corrected chi connectivity index (χ3v) is 4.13. The topological polar surface area (TPSA) is 49.8 Å². The molecular weight excluding hydrogens is 351 g/mol. The minimum atomic E-state index is -0.242. The first kappa shape index (κ1) is 18.1. The van der Waals surface area contributed by atoms with Crippen molar-refractivity contribution in [2.45, 2.75) is 19.9 Å². The van der Waals surface area contributed by atoms with Crippen molar-refractivity contribution in [3.05, 3.63) is 82.3 Å². The van der Waals surface area contributed by atoms with Gasteiger partial charge in [-0.1, -0.05) is 41.9 Å². The van der Waals surface area contributed by atoms with Gasteiger partial charge in [0.25, 0.3) is 0 Å². The van der Waals surface area contributed by atoms with Crippen LogP contribution in [0, 0.1) is 12.7 Å². The molecule has 0 bridgehead atoms. The lowest BCUT2D eigenvalue weighted by Gasteiger charge is -2.10. The number of hydrogen-bond donors (Lipinski definition) is 2. The lowest BCUT2D eigenvalue weighted by atomic mass is 10.1. The number of benzene rings is 2. The maximum absolute atomic E-state index is 13.7. The molecule has 0 fully saturated rings. The molecular formula is C20H20ClFN4.